The molecule has 3 nitrogen and oxygen atoms in total. The number of nitrogens with zero attached hydrogens (tertiary/aromatic N) is 1. The fourth-order valence-corrected chi connectivity index (χ4v) is 3.13. The monoisotopic (exact) mass is 267 g/mol. The smallest absolute Gasteiger partial charge is 0.345 e. The number of carbonyl (C=O) groups is 1. The summed E-state index contributed by atoms with van der Waals surface area (Å²) < 4.78 is 0. The Balaban J connectivity index is 2.08. The van der Waals surface area contributed by atoms with Crippen LogP contribution in [-0.4, -0.2) is 28.6 Å². The topological polar surface area (TPSA) is 40.5 Å². The second-order valence-electron chi connectivity index (χ2n) is 5.55. The molecule has 2 rings (SSSR count). The minimum atomic E-state index is -0.809. The Morgan fingerprint density at radius 3 is 2.67 bits per heavy atom. The van der Waals surface area contributed by atoms with E-state index in [1.54, 1.807) is 0 Å². The lowest BCUT2D eigenvalue weighted by Gasteiger charge is -2.23. The minimum absolute atomic E-state index is 0.461. The van der Waals surface area contributed by atoms with Crippen LogP contribution in [0.4, 0.5) is 0 Å². The van der Waals surface area contributed by atoms with E-state index in [1.165, 1.54) is 29.7 Å². The molecule has 0 saturated heterocycles. The third kappa shape index (κ3) is 3.33. The Kier molecular flexibility index (Phi) is 4.07. The summed E-state index contributed by atoms with van der Waals surface area (Å²) in [4.78, 5) is 15.1. The molecule has 1 aliphatic carbocycles. The van der Waals surface area contributed by atoms with Gasteiger partial charge in [-0.25, -0.2) is 4.79 Å². The Labute approximate surface area is 112 Å². The van der Waals surface area contributed by atoms with Gasteiger partial charge in [-0.05, 0) is 37.3 Å². The van der Waals surface area contributed by atoms with Gasteiger partial charge in [-0.3, -0.25) is 4.90 Å². The van der Waals surface area contributed by atoms with E-state index in [-0.39, 0.29) is 0 Å². The van der Waals surface area contributed by atoms with Crippen molar-refractivity contribution in [2.24, 2.45) is 5.92 Å². The Bertz CT molecular complexity index is 435. The Morgan fingerprint density at radius 1 is 1.56 bits per heavy atom. The fraction of sp³-hybridized carbons (Fsp3) is 0.643. The van der Waals surface area contributed by atoms with Crippen LogP contribution in [0.15, 0.2) is 6.07 Å². The van der Waals surface area contributed by atoms with Crippen molar-refractivity contribution >= 4 is 17.3 Å². The van der Waals surface area contributed by atoms with Crippen molar-refractivity contribution in [3.05, 3.63) is 21.4 Å². The fourth-order valence-electron chi connectivity index (χ4n) is 2.25. The third-order valence-corrected chi connectivity index (χ3v) is 4.35. The number of aromatic carboxylic acids is 1. The van der Waals surface area contributed by atoms with Gasteiger partial charge >= 0.3 is 5.97 Å². The van der Waals surface area contributed by atoms with E-state index in [4.69, 9.17) is 5.11 Å². The number of thiophene rings is 1. The molecular formula is C14H21NO2S. The number of hydrogen-bond acceptors (Lipinski definition) is 3. The lowest BCUT2D eigenvalue weighted by atomic mass is 10.1. The predicted molar refractivity (Wildman–Crippen MR) is 74.3 cm³/mol. The van der Waals surface area contributed by atoms with Gasteiger partial charge < -0.3 is 5.11 Å². The van der Waals surface area contributed by atoms with Crippen molar-refractivity contribution in [2.45, 2.75) is 46.2 Å². The number of rotatable bonds is 6. The standard InChI is InChI=1S/C14H21NO2S/c1-9(2)7-15(12-4-5-12)8-11-6-13(14(16)17)18-10(11)3/h6,9,12H,4-5,7-8H2,1-3H3,(H,16,17). The quantitative estimate of drug-likeness (QED) is 0.859. The van der Waals surface area contributed by atoms with E-state index >= 15 is 0 Å². The van der Waals surface area contributed by atoms with Gasteiger partial charge in [0, 0.05) is 24.0 Å². The molecular weight excluding hydrogens is 246 g/mol. The first-order valence-corrected chi connectivity index (χ1v) is 7.35. The molecule has 0 aromatic carbocycles. The molecule has 0 amide bonds. The summed E-state index contributed by atoms with van der Waals surface area (Å²) in [6.45, 7) is 8.49. The van der Waals surface area contributed by atoms with E-state index in [1.807, 2.05) is 13.0 Å². The third-order valence-electron chi connectivity index (χ3n) is 3.27. The predicted octanol–water partition coefficient (Wildman–Crippen LogP) is 3.38. The highest BCUT2D eigenvalue weighted by molar-refractivity contribution is 7.14. The van der Waals surface area contributed by atoms with Crippen molar-refractivity contribution in [1.82, 2.24) is 4.90 Å². The molecule has 0 spiro atoms. The molecule has 1 aliphatic rings. The van der Waals surface area contributed by atoms with Crippen LogP contribution < -0.4 is 0 Å². The normalized spacial score (nSPS) is 15.6. The number of carboxylic acid groups (broad SMARTS) is 1. The van der Waals surface area contributed by atoms with Gasteiger partial charge in [-0.1, -0.05) is 13.8 Å². The molecule has 1 fully saturated rings. The summed E-state index contributed by atoms with van der Waals surface area (Å²) in [5.74, 6) is -0.153. The molecule has 1 aromatic heterocycles. The van der Waals surface area contributed by atoms with Crippen LogP contribution in [0.2, 0.25) is 0 Å². The molecule has 4 heteroatoms. The van der Waals surface area contributed by atoms with Crippen LogP contribution in [0.3, 0.4) is 0 Å². The maximum atomic E-state index is 11.0. The summed E-state index contributed by atoms with van der Waals surface area (Å²) in [7, 11) is 0. The highest BCUT2D eigenvalue weighted by Gasteiger charge is 2.29. The summed E-state index contributed by atoms with van der Waals surface area (Å²) in [6.07, 6.45) is 2.59. The molecule has 0 atom stereocenters. The van der Waals surface area contributed by atoms with Crippen molar-refractivity contribution in [3.8, 4) is 0 Å². The number of aryl methyl sites for hydroxylation is 1. The van der Waals surface area contributed by atoms with Crippen molar-refractivity contribution < 1.29 is 9.90 Å². The van der Waals surface area contributed by atoms with E-state index in [9.17, 15) is 4.79 Å². The van der Waals surface area contributed by atoms with Crippen LogP contribution in [0, 0.1) is 12.8 Å². The zero-order valence-corrected chi connectivity index (χ0v) is 12.1. The zero-order valence-electron chi connectivity index (χ0n) is 11.3. The molecule has 1 aromatic rings. The van der Waals surface area contributed by atoms with E-state index in [0.717, 1.165) is 24.0 Å². The highest BCUT2D eigenvalue weighted by atomic mass is 32.1. The molecule has 0 bridgehead atoms. The first-order valence-electron chi connectivity index (χ1n) is 6.54. The summed E-state index contributed by atoms with van der Waals surface area (Å²) in [5.41, 5.74) is 1.19. The van der Waals surface area contributed by atoms with Gasteiger partial charge in [-0.15, -0.1) is 11.3 Å². The maximum absolute atomic E-state index is 11.0. The molecule has 18 heavy (non-hydrogen) atoms. The summed E-state index contributed by atoms with van der Waals surface area (Å²) >= 11 is 1.39. The molecule has 100 valence electrons. The molecule has 0 radical (unpaired) electrons. The van der Waals surface area contributed by atoms with Crippen LogP contribution >= 0.6 is 11.3 Å². The Hall–Kier alpha value is -0.870. The van der Waals surface area contributed by atoms with Gasteiger partial charge in [0.2, 0.25) is 0 Å². The average molecular weight is 267 g/mol. The zero-order chi connectivity index (χ0) is 13.3. The van der Waals surface area contributed by atoms with Gasteiger partial charge in [0.1, 0.15) is 4.88 Å². The SMILES string of the molecule is Cc1sc(C(=O)O)cc1CN(CC(C)C)C1CC1. The number of hydrogen-bond donors (Lipinski definition) is 1. The molecule has 1 N–H and O–H groups in total. The van der Waals surface area contributed by atoms with Gasteiger partial charge in [-0.2, -0.15) is 0 Å². The summed E-state index contributed by atoms with van der Waals surface area (Å²) in [6, 6.07) is 2.57. The van der Waals surface area contributed by atoms with Crippen LogP contribution in [-0.2, 0) is 6.54 Å². The second-order valence-corrected chi connectivity index (χ2v) is 6.81. The lowest BCUT2D eigenvalue weighted by molar-refractivity contribution is 0.0702. The lowest BCUT2D eigenvalue weighted by Crippen LogP contribution is -2.29. The highest BCUT2D eigenvalue weighted by Crippen LogP contribution is 2.31. The maximum Gasteiger partial charge on any atom is 0.345 e. The number of carboxylic acids is 1. The van der Waals surface area contributed by atoms with Crippen molar-refractivity contribution in [3.63, 3.8) is 0 Å². The van der Waals surface area contributed by atoms with Crippen LogP contribution in [0.5, 0.6) is 0 Å². The van der Waals surface area contributed by atoms with Gasteiger partial charge in [0.15, 0.2) is 0 Å². The molecule has 0 aliphatic heterocycles. The average Bonchev–Trinajstić information content (AvgIpc) is 3.03. The van der Waals surface area contributed by atoms with Crippen molar-refractivity contribution in [1.29, 1.82) is 0 Å². The minimum Gasteiger partial charge on any atom is -0.477 e. The molecule has 0 unspecified atom stereocenters. The summed E-state index contributed by atoms with van der Waals surface area (Å²) in [5, 5.41) is 9.02. The van der Waals surface area contributed by atoms with Crippen LogP contribution in [0.1, 0.15) is 46.8 Å². The van der Waals surface area contributed by atoms with Gasteiger partial charge in [0.25, 0.3) is 0 Å². The van der Waals surface area contributed by atoms with E-state index in [2.05, 4.69) is 18.7 Å². The molecule has 1 saturated carbocycles. The largest absolute Gasteiger partial charge is 0.477 e. The van der Waals surface area contributed by atoms with E-state index in [0.29, 0.717) is 10.8 Å². The Morgan fingerprint density at radius 2 is 2.22 bits per heavy atom. The van der Waals surface area contributed by atoms with Crippen molar-refractivity contribution in [2.75, 3.05) is 6.54 Å². The van der Waals surface area contributed by atoms with Crippen LogP contribution in [0.25, 0.3) is 0 Å². The first kappa shape index (κ1) is 13.6. The van der Waals surface area contributed by atoms with E-state index < -0.39 is 5.97 Å². The second kappa shape index (κ2) is 5.41. The van der Waals surface area contributed by atoms with Gasteiger partial charge in [0.05, 0.1) is 0 Å². The molecule has 1 heterocycles. The first-order chi connectivity index (χ1) is 8.47.